The Bertz CT molecular complexity index is 395. The summed E-state index contributed by atoms with van der Waals surface area (Å²) in [6.07, 6.45) is 2.54. The number of hydrogen-bond acceptors (Lipinski definition) is 4. The monoisotopic (exact) mass is 239 g/mol. The van der Waals surface area contributed by atoms with Gasteiger partial charge in [-0.05, 0) is 18.9 Å². The van der Waals surface area contributed by atoms with Crippen molar-refractivity contribution in [2.24, 2.45) is 10.9 Å². The second-order valence-corrected chi connectivity index (χ2v) is 3.70. The van der Waals surface area contributed by atoms with Gasteiger partial charge >= 0.3 is 0 Å². The fraction of sp³-hybridized carbons (Fsp3) is 0.500. The number of aromatic nitrogens is 2. The number of amidine groups is 1. The van der Waals surface area contributed by atoms with Gasteiger partial charge in [0.15, 0.2) is 5.84 Å². The molecule has 0 saturated carbocycles. The average molecular weight is 239 g/mol. The number of oxime groups is 1. The van der Waals surface area contributed by atoms with Gasteiger partial charge in [-0.25, -0.2) is 0 Å². The molecule has 0 radical (unpaired) electrons. The Morgan fingerprint density at radius 3 is 2.71 bits per heavy atom. The third kappa shape index (κ3) is 2.55. The Kier molecular flexibility index (Phi) is 4.08. The van der Waals surface area contributed by atoms with Gasteiger partial charge in [0.05, 0.1) is 0 Å². The van der Waals surface area contributed by atoms with E-state index < -0.39 is 5.54 Å². The Balaban J connectivity index is 2.91. The number of nitrogens with two attached hydrogens (primary N) is 1. The summed E-state index contributed by atoms with van der Waals surface area (Å²) in [6, 6.07) is 1.55. The van der Waals surface area contributed by atoms with Crippen molar-refractivity contribution in [3.05, 3.63) is 18.0 Å². The standard InChI is InChI=1S/C10H17N5O2/c1-3-10(4-2,9(11)15-17)13-8(16)7-5-6-12-14-7/h5-6,17H,3-4H2,1-2H3,(H2,11,15)(H,12,14)(H,13,16). The van der Waals surface area contributed by atoms with Crippen molar-refractivity contribution in [2.75, 3.05) is 0 Å². The number of nitrogens with zero attached hydrogens (tertiary/aromatic N) is 2. The van der Waals surface area contributed by atoms with Crippen LogP contribution in [0, 0.1) is 0 Å². The van der Waals surface area contributed by atoms with E-state index in [2.05, 4.69) is 20.7 Å². The molecule has 1 heterocycles. The summed E-state index contributed by atoms with van der Waals surface area (Å²) in [7, 11) is 0. The van der Waals surface area contributed by atoms with Crippen LogP contribution in [0.25, 0.3) is 0 Å². The van der Waals surface area contributed by atoms with Gasteiger partial charge in [-0.15, -0.1) is 0 Å². The Morgan fingerprint density at radius 1 is 1.65 bits per heavy atom. The third-order valence-corrected chi connectivity index (χ3v) is 2.90. The molecule has 1 amide bonds. The van der Waals surface area contributed by atoms with Crippen LogP contribution in [-0.4, -0.2) is 32.7 Å². The van der Waals surface area contributed by atoms with Gasteiger partial charge in [0.25, 0.3) is 5.91 Å². The Morgan fingerprint density at radius 2 is 2.29 bits per heavy atom. The third-order valence-electron chi connectivity index (χ3n) is 2.90. The minimum absolute atomic E-state index is 0.00429. The molecule has 0 saturated heterocycles. The van der Waals surface area contributed by atoms with Crippen molar-refractivity contribution in [2.45, 2.75) is 32.2 Å². The Hall–Kier alpha value is -2.05. The van der Waals surface area contributed by atoms with E-state index in [1.165, 1.54) is 6.20 Å². The van der Waals surface area contributed by atoms with E-state index in [1.807, 2.05) is 13.8 Å². The molecule has 5 N–H and O–H groups in total. The smallest absolute Gasteiger partial charge is 0.270 e. The normalized spacial score (nSPS) is 12.5. The maximum atomic E-state index is 11.9. The SMILES string of the molecule is CCC(CC)(NC(=O)c1ccn[nH]1)/C(N)=N/O. The Labute approximate surface area is 99.1 Å². The van der Waals surface area contributed by atoms with Crippen molar-refractivity contribution in [3.63, 3.8) is 0 Å². The summed E-state index contributed by atoms with van der Waals surface area (Å²) in [5.41, 5.74) is 5.13. The predicted octanol–water partition coefficient (Wildman–Crippen LogP) is 0.445. The topological polar surface area (TPSA) is 116 Å². The molecule has 0 fully saturated rings. The number of carbonyl (C=O) groups is 1. The zero-order valence-electron chi connectivity index (χ0n) is 9.90. The molecule has 0 aliphatic rings. The van der Waals surface area contributed by atoms with Crippen molar-refractivity contribution >= 4 is 11.7 Å². The van der Waals surface area contributed by atoms with Gasteiger partial charge < -0.3 is 16.3 Å². The van der Waals surface area contributed by atoms with Crippen LogP contribution in [-0.2, 0) is 0 Å². The molecule has 0 spiro atoms. The molecule has 1 rings (SSSR count). The number of amides is 1. The molecule has 17 heavy (non-hydrogen) atoms. The van der Waals surface area contributed by atoms with Crippen LogP contribution >= 0.6 is 0 Å². The zero-order valence-corrected chi connectivity index (χ0v) is 9.90. The van der Waals surface area contributed by atoms with E-state index in [9.17, 15) is 4.79 Å². The van der Waals surface area contributed by atoms with E-state index in [-0.39, 0.29) is 11.7 Å². The molecular formula is C10H17N5O2. The van der Waals surface area contributed by atoms with Gasteiger partial charge in [0.2, 0.25) is 0 Å². The summed E-state index contributed by atoms with van der Waals surface area (Å²) in [5, 5.41) is 20.8. The van der Waals surface area contributed by atoms with E-state index in [1.54, 1.807) is 6.07 Å². The average Bonchev–Trinajstić information content (AvgIpc) is 2.88. The molecule has 0 atom stereocenters. The maximum Gasteiger partial charge on any atom is 0.270 e. The molecule has 1 aromatic heterocycles. The zero-order chi connectivity index (χ0) is 12.9. The first-order valence-corrected chi connectivity index (χ1v) is 5.39. The number of hydrogen-bond donors (Lipinski definition) is 4. The molecule has 0 aliphatic heterocycles. The second kappa shape index (κ2) is 5.33. The number of H-pyrrole nitrogens is 1. The minimum Gasteiger partial charge on any atom is -0.409 e. The van der Waals surface area contributed by atoms with Gasteiger partial charge in [-0.3, -0.25) is 9.89 Å². The molecule has 7 heteroatoms. The number of aromatic amines is 1. The van der Waals surface area contributed by atoms with Crippen LogP contribution in [0.2, 0.25) is 0 Å². The van der Waals surface area contributed by atoms with E-state index in [0.717, 1.165) is 0 Å². The number of nitrogens with one attached hydrogen (secondary N) is 2. The van der Waals surface area contributed by atoms with E-state index in [0.29, 0.717) is 18.5 Å². The molecule has 7 nitrogen and oxygen atoms in total. The molecule has 0 aromatic carbocycles. The van der Waals surface area contributed by atoms with Crippen molar-refractivity contribution in [3.8, 4) is 0 Å². The van der Waals surface area contributed by atoms with Crippen LogP contribution in [0.4, 0.5) is 0 Å². The summed E-state index contributed by atoms with van der Waals surface area (Å²) >= 11 is 0. The summed E-state index contributed by atoms with van der Waals surface area (Å²) in [5.74, 6) is -0.340. The molecule has 0 aliphatic carbocycles. The number of rotatable bonds is 5. The lowest BCUT2D eigenvalue weighted by Gasteiger charge is -2.31. The van der Waals surface area contributed by atoms with Crippen molar-refractivity contribution < 1.29 is 10.0 Å². The van der Waals surface area contributed by atoms with Gasteiger partial charge in [0, 0.05) is 6.20 Å². The highest BCUT2D eigenvalue weighted by Crippen LogP contribution is 2.16. The lowest BCUT2D eigenvalue weighted by Crippen LogP contribution is -2.56. The fourth-order valence-electron chi connectivity index (χ4n) is 1.62. The molecular weight excluding hydrogens is 222 g/mol. The molecule has 0 bridgehead atoms. The molecule has 0 unspecified atom stereocenters. The molecule has 1 aromatic rings. The predicted molar refractivity (Wildman–Crippen MR) is 62.8 cm³/mol. The highest BCUT2D eigenvalue weighted by molar-refractivity contribution is 5.99. The summed E-state index contributed by atoms with van der Waals surface area (Å²) < 4.78 is 0. The maximum absolute atomic E-state index is 11.9. The molecule has 94 valence electrons. The quantitative estimate of drug-likeness (QED) is 0.258. The van der Waals surface area contributed by atoms with Gasteiger partial charge in [0.1, 0.15) is 11.2 Å². The van der Waals surface area contributed by atoms with E-state index in [4.69, 9.17) is 10.9 Å². The summed E-state index contributed by atoms with van der Waals surface area (Å²) in [4.78, 5) is 11.9. The second-order valence-electron chi connectivity index (χ2n) is 3.70. The van der Waals surface area contributed by atoms with Gasteiger partial charge in [-0.1, -0.05) is 19.0 Å². The lowest BCUT2D eigenvalue weighted by atomic mass is 9.91. The fourth-order valence-corrected chi connectivity index (χ4v) is 1.62. The number of carbonyl (C=O) groups excluding carboxylic acids is 1. The van der Waals surface area contributed by atoms with Crippen LogP contribution in [0.15, 0.2) is 17.4 Å². The van der Waals surface area contributed by atoms with E-state index >= 15 is 0 Å². The first-order valence-electron chi connectivity index (χ1n) is 5.39. The highest BCUT2D eigenvalue weighted by atomic mass is 16.4. The van der Waals surface area contributed by atoms with Crippen LogP contribution in [0.1, 0.15) is 37.2 Å². The first kappa shape index (κ1) is 13.0. The van der Waals surface area contributed by atoms with Crippen LogP contribution in [0.5, 0.6) is 0 Å². The first-order chi connectivity index (χ1) is 8.09. The van der Waals surface area contributed by atoms with Gasteiger partial charge in [-0.2, -0.15) is 5.10 Å². The summed E-state index contributed by atoms with van der Waals surface area (Å²) in [6.45, 7) is 3.71. The largest absolute Gasteiger partial charge is 0.409 e. The highest BCUT2D eigenvalue weighted by Gasteiger charge is 2.33. The van der Waals surface area contributed by atoms with Crippen molar-refractivity contribution in [1.29, 1.82) is 0 Å². The van der Waals surface area contributed by atoms with Crippen LogP contribution in [0.3, 0.4) is 0 Å². The van der Waals surface area contributed by atoms with Crippen LogP contribution < -0.4 is 11.1 Å². The lowest BCUT2D eigenvalue weighted by molar-refractivity contribution is 0.0912. The minimum atomic E-state index is -0.836. The van der Waals surface area contributed by atoms with Crippen molar-refractivity contribution in [1.82, 2.24) is 15.5 Å².